The molecule has 0 unspecified atom stereocenters. The van der Waals surface area contributed by atoms with Crippen molar-refractivity contribution in [2.75, 3.05) is 16.8 Å². The minimum absolute atomic E-state index is 0.0102. The molecule has 0 spiro atoms. The zero-order valence-corrected chi connectivity index (χ0v) is 17.0. The number of benzene rings is 1. The molecule has 1 amide bonds. The molecule has 2 aromatic rings. The van der Waals surface area contributed by atoms with Crippen LogP contribution in [0.25, 0.3) is 0 Å². The Kier molecular flexibility index (Phi) is 4.73. The Labute approximate surface area is 166 Å². The average molecular weight is 380 g/mol. The molecule has 28 heavy (non-hydrogen) atoms. The van der Waals surface area contributed by atoms with Gasteiger partial charge in [0.2, 0.25) is 5.95 Å². The summed E-state index contributed by atoms with van der Waals surface area (Å²) in [7, 11) is 0. The second-order valence-electron chi connectivity index (χ2n) is 8.55. The van der Waals surface area contributed by atoms with Crippen LogP contribution in [0.15, 0.2) is 36.5 Å². The number of carbonyl (C=O) groups is 1. The molecule has 148 valence electrons. The van der Waals surface area contributed by atoms with Gasteiger partial charge in [0.05, 0.1) is 12.1 Å². The number of hydrogen-bond acceptors (Lipinski definition) is 5. The van der Waals surface area contributed by atoms with Crippen LogP contribution in [0.4, 0.5) is 16.6 Å². The van der Waals surface area contributed by atoms with Crippen LogP contribution in [0.5, 0.6) is 0 Å². The van der Waals surface area contributed by atoms with Gasteiger partial charge in [0.25, 0.3) is 0 Å². The first-order chi connectivity index (χ1) is 13.4. The SMILES string of the molecule is CC(C)[C@H]1COC(=O)N1c1ccnc(N[C@@H](C)c2ccc(C3(C)CC3)cc2)n1. The molecule has 4 rings (SSSR count). The fourth-order valence-electron chi connectivity index (χ4n) is 3.67. The maximum absolute atomic E-state index is 12.2. The lowest BCUT2D eigenvalue weighted by Crippen LogP contribution is -2.37. The van der Waals surface area contributed by atoms with Gasteiger partial charge in [-0.25, -0.2) is 9.78 Å². The molecule has 6 heteroatoms. The van der Waals surface area contributed by atoms with Gasteiger partial charge in [-0.15, -0.1) is 0 Å². The third-order valence-electron chi connectivity index (χ3n) is 6.02. The van der Waals surface area contributed by atoms with E-state index in [9.17, 15) is 4.79 Å². The van der Waals surface area contributed by atoms with Crippen molar-refractivity contribution in [2.24, 2.45) is 5.92 Å². The van der Waals surface area contributed by atoms with Crippen LogP contribution in [0.3, 0.4) is 0 Å². The highest BCUT2D eigenvalue weighted by Crippen LogP contribution is 2.47. The minimum atomic E-state index is -0.347. The minimum Gasteiger partial charge on any atom is -0.447 e. The van der Waals surface area contributed by atoms with Crippen LogP contribution in [0.1, 0.15) is 57.7 Å². The number of nitrogens with zero attached hydrogens (tertiary/aromatic N) is 3. The predicted octanol–water partition coefficient (Wildman–Crippen LogP) is 4.68. The van der Waals surface area contributed by atoms with E-state index in [0.717, 1.165) is 0 Å². The molecule has 2 aliphatic rings. The summed E-state index contributed by atoms with van der Waals surface area (Å²) in [5, 5.41) is 3.35. The highest BCUT2D eigenvalue weighted by molar-refractivity contribution is 5.89. The highest BCUT2D eigenvalue weighted by Gasteiger charge is 2.39. The van der Waals surface area contributed by atoms with Crippen molar-refractivity contribution < 1.29 is 9.53 Å². The van der Waals surface area contributed by atoms with Crippen LogP contribution in [-0.2, 0) is 10.2 Å². The molecule has 2 heterocycles. The van der Waals surface area contributed by atoms with Crippen molar-refractivity contribution in [2.45, 2.75) is 58.0 Å². The number of ether oxygens (including phenoxy) is 1. The molecule has 0 radical (unpaired) electrons. The lowest BCUT2D eigenvalue weighted by molar-refractivity contribution is 0.177. The molecule has 0 bridgehead atoms. The predicted molar refractivity (Wildman–Crippen MR) is 110 cm³/mol. The van der Waals surface area contributed by atoms with E-state index < -0.39 is 0 Å². The maximum atomic E-state index is 12.2. The maximum Gasteiger partial charge on any atom is 0.415 e. The molecule has 1 aromatic heterocycles. The van der Waals surface area contributed by atoms with Crippen LogP contribution in [-0.4, -0.2) is 28.7 Å². The zero-order chi connectivity index (χ0) is 19.9. The van der Waals surface area contributed by atoms with Crippen LogP contribution in [0.2, 0.25) is 0 Å². The van der Waals surface area contributed by atoms with Crippen molar-refractivity contribution in [1.29, 1.82) is 0 Å². The van der Waals surface area contributed by atoms with Gasteiger partial charge in [0.15, 0.2) is 0 Å². The van der Waals surface area contributed by atoms with E-state index in [1.807, 2.05) is 0 Å². The monoisotopic (exact) mass is 380 g/mol. The smallest absolute Gasteiger partial charge is 0.415 e. The Balaban J connectivity index is 1.49. The summed E-state index contributed by atoms with van der Waals surface area (Å²) in [6.45, 7) is 8.95. The lowest BCUT2D eigenvalue weighted by atomic mass is 9.96. The number of hydrogen-bond donors (Lipinski definition) is 1. The largest absolute Gasteiger partial charge is 0.447 e. The Hall–Kier alpha value is -2.63. The third-order valence-corrected chi connectivity index (χ3v) is 6.02. The number of cyclic esters (lactones) is 1. The van der Waals surface area contributed by atoms with Crippen molar-refractivity contribution in [1.82, 2.24) is 9.97 Å². The lowest BCUT2D eigenvalue weighted by Gasteiger charge is -2.24. The van der Waals surface area contributed by atoms with Crippen LogP contribution >= 0.6 is 0 Å². The van der Waals surface area contributed by atoms with Crippen LogP contribution < -0.4 is 10.2 Å². The van der Waals surface area contributed by atoms with E-state index in [1.54, 1.807) is 17.2 Å². The molecule has 1 aliphatic heterocycles. The number of rotatable bonds is 6. The average Bonchev–Trinajstić information content (AvgIpc) is 3.31. The molecule has 1 aromatic carbocycles. The zero-order valence-electron chi connectivity index (χ0n) is 17.0. The number of aromatic nitrogens is 2. The highest BCUT2D eigenvalue weighted by atomic mass is 16.6. The van der Waals surface area contributed by atoms with E-state index in [0.29, 0.717) is 23.8 Å². The van der Waals surface area contributed by atoms with E-state index in [-0.39, 0.29) is 24.1 Å². The summed E-state index contributed by atoms with van der Waals surface area (Å²) in [5.41, 5.74) is 2.97. The molecule has 6 nitrogen and oxygen atoms in total. The standard InChI is InChI=1S/C22H28N4O2/c1-14(2)18-13-28-21(27)26(18)19-9-12-23-20(25-19)24-15(3)16-5-7-17(8-6-16)22(4)10-11-22/h5-9,12,14-15,18H,10-11,13H2,1-4H3,(H,23,24,25)/t15-,18+/m0/s1. The molecular formula is C22H28N4O2. The van der Waals surface area contributed by atoms with E-state index in [4.69, 9.17) is 4.74 Å². The summed E-state index contributed by atoms with van der Waals surface area (Å²) in [6.07, 6.45) is 3.88. The third kappa shape index (κ3) is 3.55. The van der Waals surface area contributed by atoms with Crippen molar-refractivity contribution >= 4 is 17.9 Å². The first kappa shape index (κ1) is 18.7. The summed E-state index contributed by atoms with van der Waals surface area (Å²) in [6, 6.07) is 10.6. The number of amides is 1. The fourth-order valence-corrected chi connectivity index (χ4v) is 3.67. The second kappa shape index (κ2) is 7.08. The molecule has 1 saturated carbocycles. The van der Waals surface area contributed by atoms with Gasteiger partial charge in [0.1, 0.15) is 12.4 Å². The molecular weight excluding hydrogens is 352 g/mol. The van der Waals surface area contributed by atoms with Crippen molar-refractivity contribution in [3.8, 4) is 0 Å². The first-order valence-electron chi connectivity index (χ1n) is 10.0. The van der Waals surface area contributed by atoms with Gasteiger partial charge in [-0.2, -0.15) is 4.98 Å². The summed E-state index contributed by atoms with van der Waals surface area (Å²) in [4.78, 5) is 22.7. The summed E-state index contributed by atoms with van der Waals surface area (Å²) in [5.74, 6) is 1.36. The van der Waals surface area contributed by atoms with E-state index in [1.165, 1.54) is 24.0 Å². The van der Waals surface area contributed by atoms with Gasteiger partial charge in [-0.1, -0.05) is 45.0 Å². The van der Waals surface area contributed by atoms with Gasteiger partial charge in [-0.05, 0) is 48.3 Å². The Morgan fingerprint density at radius 2 is 1.89 bits per heavy atom. The van der Waals surface area contributed by atoms with E-state index >= 15 is 0 Å². The normalized spacial score (nSPS) is 21.5. The second-order valence-corrected chi connectivity index (χ2v) is 8.55. The number of nitrogens with one attached hydrogen (secondary N) is 1. The topological polar surface area (TPSA) is 67.3 Å². The molecule has 1 saturated heterocycles. The van der Waals surface area contributed by atoms with Gasteiger partial charge in [0, 0.05) is 6.20 Å². The Morgan fingerprint density at radius 3 is 2.54 bits per heavy atom. The number of anilines is 2. The number of carbonyl (C=O) groups excluding carboxylic acids is 1. The van der Waals surface area contributed by atoms with Crippen LogP contribution in [0, 0.1) is 5.92 Å². The van der Waals surface area contributed by atoms with Gasteiger partial charge in [-0.3, -0.25) is 4.90 Å². The summed E-state index contributed by atoms with van der Waals surface area (Å²) >= 11 is 0. The van der Waals surface area contributed by atoms with Crippen molar-refractivity contribution in [3.63, 3.8) is 0 Å². The quantitative estimate of drug-likeness (QED) is 0.788. The van der Waals surface area contributed by atoms with E-state index in [2.05, 4.69) is 67.2 Å². The molecule has 1 N–H and O–H groups in total. The van der Waals surface area contributed by atoms with Gasteiger partial charge < -0.3 is 10.1 Å². The molecule has 1 aliphatic carbocycles. The fraction of sp³-hybridized carbons (Fsp3) is 0.500. The van der Waals surface area contributed by atoms with Gasteiger partial charge >= 0.3 is 6.09 Å². The Bertz CT molecular complexity index is 861. The molecule has 2 atom stereocenters. The Morgan fingerprint density at radius 1 is 1.18 bits per heavy atom. The first-order valence-corrected chi connectivity index (χ1v) is 10.0. The van der Waals surface area contributed by atoms with Crippen molar-refractivity contribution in [3.05, 3.63) is 47.7 Å². The molecule has 2 fully saturated rings. The summed E-state index contributed by atoms with van der Waals surface area (Å²) < 4.78 is 5.23.